The lowest BCUT2D eigenvalue weighted by Gasteiger charge is -2.27. The summed E-state index contributed by atoms with van der Waals surface area (Å²) in [5.41, 5.74) is 0.859. The first kappa shape index (κ1) is 16.3. The number of amides is 1. The topological polar surface area (TPSA) is 50.4 Å². The van der Waals surface area contributed by atoms with Gasteiger partial charge in [0.05, 0.1) is 0 Å². The van der Waals surface area contributed by atoms with Gasteiger partial charge >= 0.3 is 6.09 Å². The smallest absolute Gasteiger partial charge is 0.407 e. The van der Waals surface area contributed by atoms with Gasteiger partial charge in [-0.1, -0.05) is 0 Å². The Labute approximate surface area is 131 Å². The van der Waals surface area contributed by atoms with Gasteiger partial charge in [0, 0.05) is 18.1 Å². The Morgan fingerprint density at radius 3 is 2.71 bits per heavy atom. The van der Waals surface area contributed by atoms with Crippen molar-refractivity contribution < 1.29 is 9.53 Å². The highest BCUT2D eigenvalue weighted by atomic mass is 32.1. The zero-order valence-corrected chi connectivity index (χ0v) is 14.1. The standard InChI is InChI=1S/C16H26N2O2S/c1-11(12-8-9-21-10-12)17-13-6-5-7-14(13)18-15(19)20-16(2,3)4/h8-11,13-14,17H,5-7H2,1-4H3,(H,18,19). The van der Waals surface area contributed by atoms with Crippen molar-refractivity contribution in [3.63, 3.8) is 0 Å². The maximum absolute atomic E-state index is 11.9. The number of rotatable bonds is 4. The van der Waals surface area contributed by atoms with E-state index in [0.29, 0.717) is 12.1 Å². The second-order valence-electron chi connectivity index (χ2n) is 6.74. The van der Waals surface area contributed by atoms with Crippen LogP contribution >= 0.6 is 11.3 Å². The van der Waals surface area contributed by atoms with Crippen molar-refractivity contribution in [3.05, 3.63) is 22.4 Å². The molecule has 1 heterocycles. The molecule has 4 nitrogen and oxygen atoms in total. The molecule has 1 aromatic heterocycles. The van der Waals surface area contributed by atoms with Crippen molar-refractivity contribution in [2.24, 2.45) is 0 Å². The fraction of sp³-hybridized carbons (Fsp3) is 0.688. The molecular weight excluding hydrogens is 284 g/mol. The summed E-state index contributed by atoms with van der Waals surface area (Å²) in [4.78, 5) is 11.9. The molecule has 0 aromatic carbocycles. The highest BCUT2D eigenvalue weighted by Crippen LogP contribution is 2.24. The summed E-state index contributed by atoms with van der Waals surface area (Å²) in [6.45, 7) is 7.83. The first-order valence-electron chi connectivity index (χ1n) is 7.63. The molecule has 0 aliphatic heterocycles. The molecule has 0 bridgehead atoms. The van der Waals surface area contributed by atoms with Gasteiger partial charge in [-0.05, 0) is 69.3 Å². The second-order valence-corrected chi connectivity index (χ2v) is 7.52. The van der Waals surface area contributed by atoms with E-state index in [1.54, 1.807) is 11.3 Å². The maximum atomic E-state index is 11.9. The van der Waals surface area contributed by atoms with E-state index in [1.807, 2.05) is 20.8 Å². The fourth-order valence-electron chi connectivity index (χ4n) is 2.73. The van der Waals surface area contributed by atoms with Gasteiger partial charge in [-0.15, -0.1) is 0 Å². The molecule has 5 heteroatoms. The van der Waals surface area contributed by atoms with Gasteiger partial charge < -0.3 is 15.4 Å². The third-order valence-corrected chi connectivity index (χ3v) is 4.43. The number of carbonyl (C=O) groups is 1. The van der Waals surface area contributed by atoms with Crippen LogP contribution in [-0.4, -0.2) is 23.8 Å². The minimum Gasteiger partial charge on any atom is -0.444 e. The highest BCUT2D eigenvalue weighted by molar-refractivity contribution is 7.07. The first-order valence-corrected chi connectivity index (χ1v) is 8.57. The zero-order valence-electron chi connectivity index (χ0n) is 13.3. The van der Waals surface area contributed by atoms with Crippen molar-refractivity contribution in [1.82, 2.24) is 10.6 Å². The molecule has 1 amide bonds. The molecule has 21 heavy (non-hydrogen) atoms. The van der Waals surface area contributed by atoms with Crippen molar-refractivity contribution in [3.8, 4) is 0 Å². The van der Waals surface area contributed by atoms with Crippen LogP contribution in [0.15, 0.2) is 16.8 Å². The van der Waals surface area contributed by atoms with Gasteiger partial charge in [0.25, 0.3) is 0 Å². The summed E-state index contributed by atoms with van der Waals surface area (Å²) in [7, 11) is 0. The van der Waals surface area contributed by atoms with Crippen LogP contribution in [0.1, 0.15) is 58.6 Å². The summed E-state index contributed by atoms with van der Waals surface area (Å²) in [6.07, 6.45) is 2.92. The Balaban J connectivity index is 1.87. The molecule has 1 aliphatic rings. The monoisotopic (exact) mass is 310 g/mol. The summed E-state index contributed by atoms with van der Waals surface area (Å²) in [5, 5.41) is 10.9. The van der Waals surface area contributed by atoms with E-state index in [-0.39, 0.29) is 12.1 Å². The van der Waals surface area contributed by atoms with Crippen LogP contribution in [0, 0.1) is 0 Å². The molecule has 3 atom stereocenters. The van der Waals surface area contributed by atoms with Crippen LogP contribution in [0.25, 0.3) is 0 Å². The molecule has 118 valence electrons. The van der Waals surface area contributed by atoms with Gasteiger partial charge in [-0.25, -0.2) is 4.79 Å². The highest BCUT2D eigenvalue weighted by Gasteiger charge is 2.31. The van der Waals surface area contributed by atoms with E-state index in [9.17, 15) is 4.79 Å². The van der Waals surface area contributed by atoms with Crippen LogP contribution in [0.3, 0.4) is 0 Å². The maximum Gasteiger partial charge on any atom is 0.407 e. The molecule has 3 unspecified atom stereocenters. The molecule has 2 rings (SSSR count). The van der Waals surface area contributed by atoms with E-state index >= 15 is 0 Å². The van der Waals surface area contributed by atoms with Crippen LogP contribution in [0.5, 0.6) is 0 Å². The summed E-state index contributed by atoms with van der Waals surface area (Å²) in [5.74, 6) is 0. The van der Waals surface area contributed by atoms with Gasteiger partial charge in [0.2, 0.25) is 0 Å². The molecule has 1 fully saturated rings. The summed E-state index contributed by atoms with van der Waals surface area (Å²) >= 11 is 1.71. The van der Waals surface area contributed by atoms with E-state index in [0.717, 1.165) is 19.3 Å². The molecule has 1 saturated carbocycles. The lowest BCUT2D eigenvalue weighted by molar-refractivity contribution is 0.0497. The summed E-state index contributed by atoms with van der Waals surface area (Å²) in [6, 6.07) is 2.92. The van der Waals surface area contributed by atoms with E-state index < -0.39 is 5.60 Å². The first-order chi connectivity index (χ1) is 9.85. The number of hydrogen-bond acceptors (Lipinski definition) is 4. The van der Waals surface area contributed by atoms with Crippen molar-refractivity contribution in [2.75, 3.05) is 0 Å². The van der Waals surface area contributed by atoms with E-state index in [4.69, 9.17) is 4.74 Å². The SMILES string of the molecule is CC(NC1CCCC1NC(=O)OC(C)(C)C)c1ccsc1. The van der Waals surface area contributed by atoms with Gasteiger partial charge in [-0.2, -0.15) is 11.3 Å². The van der Waals surface area contributed by atoms with E-state index in [2.05, 4.69) is 34.4 Å². The van der Waals surface area contributed by atoms with Crippen LogP contribution in [0.2, 0.25) is 0 Å². The normalized spacial score (nSPS) is 23.8. The van der Waals surface area contributed by atoms with Crippen molar-refractivity contribution in [2.45, 2.75) is 70.7 Å². The molecule has 0 radical (unpaired) electrons. The molecule has 1 aromatic rings. The number of thiophene rings is 1. The predicted octanol–water partition coefficient (Wildman–Crippen LogP) is 3.84. The van der Waals surface area contributed by atoms with E-state index in [1.165, 1.54) is 5.56 Å². The average Bonchev–Trinajstić information content (AvgIpc) is 2.98. The van der Waals surface area contributed by atoms with Crippen molar-refractivity contribution >= 4 is 17.4 Å². The number of hydrogen-bond donors (Lipinski definition) is 2. The zero-order chi connectivity index (χ0) is 15.5. The molecule has 0 spiro atoms. The third kappa shape index (κ3) is 5.00. The number of nitrogens with one attached hydrogen (secondary N) is 2. The predicted molar refractivity (Wildman–Crippen MR) is 86.7 cm³/mol. The lowest BCUT2D eigenvalue weighted by atomic mass is 10.1. The Hall–Kier alpha value is -1.07. The minimum absolute atomic E-state index is 0.154. The number of ether oxygens (including phenoxy) is 1. The number of carbonyl (C=O) groups excluding carboxylic acids is 1. The van der Waals surface area contributed by atoms with Crippen LogP contribution < -0.4 is 10.6 Å². The Bertz CT molecular complexity index is 453. The average molecular weight is 310 g/mol. The Morgan fingerprint density at radius 2 is 2.10 bits per heavy atom. The lowest BCUT2D eigenvalue weighted by Crippen LogP contribution is -2.48. The van der Waals surface area contributed by atoms with Gasteiger partial charge in [0.15, 0.2) is 0 Å². The Kier molecular flexibility index (Phi) is 5.27. The minimum atomic E-state index is -0.449. The molecule has 0 saturated heterocycles. The molecule has 1 aliphatic carbocycles. The number of alkyl carbamates (subject to hydrolysis) is 1. The molecular formula is C16H26N2O2S. The van der Waals surface area contributed by atoms with Crippen molar-refractivity contribution in [1.29, 1.82) is 0 Å². The molecule has 2 N–H and O–H groups in total. The second kappa shape index (κ2) is 6.79. The third-order valence-electron chi connectivity index (χ3n) is 3.73. The van der Waals surface area contributed by atoms with Gasteiger partial charge in [-0.3, -0.25) is 0 Å². The van der Waals surface area contributed by atoms with Gasteiger partial charge in [0.1, 0.15) is 5.60 Å². The fourth-order valence-corrected chi connectivity index (χ4v) is 3.48. The largest absolute Gasteiger partial charge is 0.444 e. The van der Waals surface area contributed by atoms with Crippen LogP contribution in [-0.2, 0) is 4.74 Å². The Morgan fingerprint density at radius 1 is 1.38 bits per heavy atom. The summed E-state index contributed by atoms with van der Waals surface area (Å²) < 4.78 is 5.35. The van der Waals surface area contributed by atoms with Crippen LogP contribution in [0.4, 0.5) is 4.79 Å². The quantitative estimate of drug-likeness (QED) is 0.888.